The third-order valence-corrected chi connectivity index (χ3v) is 5.64. The predicted octanol–water partition coefficient (Wildman–Crippen LogP) is 5.32. The van der Waals surface area contributed by atoms with E-state index in [2.05, 4.69) is 10.1 Å². The van der Waals surface area contributed by atoms with E-state index >= 15 is 0 Å². The van der Waals surface area contributed by atoms with E-state index in [0.29, 0.717) is 16.6 Å². The van der Waals surface area contributed by atoms with Crippen LogP contribution in [0.2, 0.25) is 0 Å². The van der Waals surface area contributed by atoms with Crippen molar-refractivity contribution >= 4 is 17.2 Å². The zero-order valence-electron chi connectivity index (χ0n) is 17.2. The number of aryl methyl sites for hydroxylation is 2. The molecule has 5 nitrogen and oxygen atoms in total. The standard InChI is InChI=1S/C24H19F3N4O/c1-15-8-10-16(11-9-15)18-13-21(24(25,26)27)31-22(28-18)14-19(29-31)23(32)30-12-4-6-17-5-2-3-7-20(17)30/h2-3,5,7-11,13-14H,4,6,12H2,1H3. The van der Waals surface area contributed by atoms with Crippen LogP contribution in [0.3, 0.4) is 0 Å². The second-order valence-electron chi connectivity index (χ2n) is 7.88. The van der Waals surface area contributed by atoms with Gasteiger partial charge in [-0.25, -0.2) is 9.50 Å². The molecule has 5 rings (SSSR count). The van der Waals surface area contributed by atoms with E-state index in [9.17, 15) is 18.0 Å². The molecule has 1 aliphatic rings. The molecule has 0 spiro atoms. The van der Waals surface area contributed by atoms with Gasteiger partial charge in [-0.2, -0.15) is 18.3 Å². The third kappa shape index (κ3) is 3.51. The zero-order valence-corrected chi connectivity index (χ0v) is 17.2. The summed E-state index contributed by atoms with van der Waals surface area (Å²) in [6, 6.07) is 16.9. The largest absolute Gasteiger partial charge is 0.433 e. The molecule has 0 bridgehead atoms. The van der Waals surface area contributed by atoms with E-state index in [1.807, 2.05) is 43.3 Å². The lowest BCUT2D eigenvalue weighted by molar-refractivity contribution is -0.142. The van der Waals surface area contributed by atoms with Gasteiger partial charge in [0.15, 0.2) is 17.0 Å². The number of hydrogen-bond acceptors (Lipinski definition) is 3. The molecule has 0 radical (unpaired) electrons. The molecule has 0 atom stereocenters. The summed E-state index contributed by atoms with van der Waals surface area (Å²) >= 11 is 0. The summed E-state index contributed by atoms with van der Waals surface area (Å²) in [6.07, 6.45) is -3.03. The average Bonchev–Trinajstić information content (AvgIpc) is 3.21. The molecule has 0 unspecified atom stereocenters. The number of nitrogens with zero attached hydrogens (tertiary/aromatic N) is 4. The molecule has 0 saturated heterocycles. The first-order valence-electron chi connectivity index (χ1n) is 10.3. The molecule has 32 heavy (non-hydrogen) atoms. The van der Waals surface area contributed by atoms with Gasteiger partial charge < -0.3 is 4.90 Å². The Morgan fingerprint density at radius 2 is 1.78 bits per heavy atom. The van der Waals surface area contributed by atoms with Crippen molar-refractivity contribution in [2.24, 2.45) is 0 Å². The van der Waals surface area contributed by atoms with Crippen LogP contribution in [0.5, 0.6) is 0 Å². The number of aromatic nitrogens is 3. The summed E-state index contributed by atoms with van der Waals surface area (Å²) < 4.78 is 42.3. The van der Waals surface area contributed by atoms with Gasteiger partial charge in [0.25, 0.3) is 5.91 Å². The summed E-state index contributed by atoms with van der Waals surface area (Å²) in [5.41, 5.74) is 2.46. The maximum Gasteiger partial charge on any atom is 0.433 e. The van der Waals surface area contributed by atoms with E-state index in [4.69, 9.17) is 0 Å². The van der Waals surface area contributed by atoms with Gasteiger partial charge in [0.2, 0.25) is 0 Å². The van der Waals surface area contributed by atoms with Gasteiger partial charge in [-0.3, -0.25) is 4.79 Å². The Labute approximate surface area is 182 Å². The Kier molecular flexibility index (Phi) is 4.73. The number of hydrogen-bond donors (Lipinski definition) is 0. The number of amides is 1. The van der Waals surface area contributed by atoms with Crippen molar-refractivity contribution in [3.63, 3.8) is 0 Å². The number of fused-ring (bicyclic) bond motifs is 2. The number of alkyl halides is 3. The van der Waals surface area contributed by atoms with E-state index in [1.165, 1.54) is 6.07 Å². The molecule has 0 saturated carbocycles. The van der Waals surface area contributed by atoms with Gasteiger partial charge in [0.1, 0.15) is 0 Å². The van der Waals surface area contributed by atoms with Crippen LogP contribution in [0.1, 0.15) is 33.7 Å². The highest BCUT2D eigenvalue weighted by Gasteiger charge is 2.36. The van der Waals surface area contributed by atoms with Crippen LogP contribution in [0.25, 0.3) is 16.9 Å². The molecule has 0 aliphatic carbocycles. The average molecular weight is 436 g/mol. The first kappa shape index (κ1) is 20.2. The van der Waals surface area contributed by atoms with Gasteiger partial charge in [-0.1, -0.05) is 48.0 Å². The highest BCUT2D eigenvalue weighted by Crippen LogP contribution is 2.33. The van der Waals surface area contributed by atoms with Crippen LogP contribution < -0.4 is 4.90 Å². The van der Waals surface area contributed by atoms with Crippen molar-refractivity contribution in [2.75, 3.05) is 11.4 Å². The molecule has 2 aromatic heterocycles. The number of anilines is 1. The molecule has 2 aromatic carbocycles. The second-order valence-corrected chi connectivity index (χ2v) is 7.88. The SMILES string of the molecule is Cc1ccc(-c2cc(C(F)(F)F)n3nc(C(=O)N4CCCc5ccccc54)cc3n2)cc1. The Morgan fingerprint density at radius 3 is 2.53 bits per heavy atom. The monoisotopic (exact) mass is 436 g/mol. The minimum Gasteiger partial charge on any atom is -0.307 e. The summed E-state index contributed by atoms with van der Waals surface area (Å²) in [7, 11) is 0. The van der Waals surface area contributed by atoms with E-state index < -0.39 is 17.8 Å². The fourth-order valence-electron chi connectivity index (χ4n) is 4.04. The molecule has 1 amide bonds. The van der Waals surface area contributed by atoms with Gasteiger partial charge in [-0.15, -0.1) is 0 Å². The Bertz CT molecular complexity index is 1330. The summed E-state index contributed by atoms with van der Waals surface area (Å²) in [4.78, 5) is 19.2. The number of benzene rings is 2. The summed E-state index contributed by atoms with van der Waals surface area (Å²) in [5.74, 6) is -0.437. The number of para-hydroxylation sites is 1. The van der Waals surface area contributed by atoms with Crippen LogP contribution >= 0.6 is 0 Å². The molecule has 1 aliphatic heterocycles. The quantitative estimate of drug-likeness (QED) is 0.428. The minimum absolute atomic E-state index is 0.0240. The van der Waals surface area contributed by atoms with Gasteiger partial charge >= 0.3 is 6.18 Å². The maximum atomic E-state index is 13.9. The lowest BCUT2D eigenvalue weighted by atomic mass is 10.0. The molecular weight excluding hydrogens is 417 g/mol. The highest BCUT2D eigenvalue weighted by molar-refractivity contribution is 6.06. The van der Waals surface area contributed by atoms with Crippen LogP contribution in [0.15, 0.2) is 60.7 Å². The Morgan fingerprint density at radius 1 is 1.03 bits per heavy atom. The normalized spacial score (nSPS) is 13.9. The number of halogens is 3. The fraction of sp³-hybridized carbons (Fsp3) is 0.208. The number of carbonyl (C=O) groups is 1. The minimum atomic E-state index is -4.66. The zero-order chi connectivity index (χ0) is 22.5. The Hall–Kier alpha value is -3.68. The highest BCUT2D eigenvalue weighted by atomic mass is 19.4. The van der Waals surface area contributed by atoms with E-state index in [1.54, 1.807) is 17.0 Å². The van der Waals surface area contributed by atoms with Crippen molar-refractivity contribution in [2.45, 2.75) is 25.9 Å². The van der Waals surface area contributed by atoms with Crippen molar-refractivity contribution in [3.05, 3.63) is 83.2 Å². The predicted molar refractivity (Wildman–Crippen MR) is 115 cm³/mol. The van der Waals surface area contributed by atoms with Gasteiger partial charge in [-0.05, 0) is 37.5 Å². The van der Waals surface area contributed by atoms with Gasteiger partial charge in [0.05, 0.1) is 5.69 Å². The summed E-state index contributed by atoms with van der Waals surface area (Å²) in [6.45, 7) is 2.38. The molecule has 0 fully saturated rings. The van der Waals surface area contributed by atoms with Crippen LogP contribution in [0, 0.1) is 6.92 Å². The lowest BCUT2D eigenvalue weighted by Gasteiger charge is -2.28. The van der Waals surface area contributed by atoms with Crippen LogP contribution in [0.4, 0.5) is 18.9 Å². The molecule has 8 heteroatoms. The maximum absolute atomic E-state index is 13.9. The van der Waals surface area contributed by atoms with Crippen molar-refractivity contribution in [1.29, 1.82) is 0 Å². The first-order valence-corrected chi connectivity index (χ1v) is 10.3. The lowest BCUT2D eigenvalue weighted by Crippen LogP contribution is -2.35. The first-order chi connectivity index (χ1) is 15.3. The Balaban J connectivity index is 1.62. The molecule has 3 heterocycles. The van der Waals surface area contributed by atoms with Crippen molar-refractivity contribution < 1.29 is 18.0 Å². The van der Waals surface area contributed by atoms with E-state index in [-0.39, 0.29) is 17.0 Å². The molecule has 162 valence electrons. The second kappa shape index (κ2) is 7.47. The molecule has 0 N–H and O–H groups in total. The number of carbonyl (C=O) groups excluding carboxylic acids is 1. The molecular formula is C24H19F3N4O. The molecule has 4 aromatic rings. The topological polar surface area (TPSA) is 50.5 Å². The van der Waals surface area contributed by atoms with Gasteiger partial charge in [0, 0.05) is 23.9 Å². The summed E-state index contributed by atoms with van der Waals surface area (Å²) in [5, 5.41) is 4.02. The number of rotatable bonds is 2. The smallest absolute Gasteiger partial charge is 0.307 e. The van der Waals surface area contributed by atoms with Crippen LogP contribution in [-0.2, 0) is 12.6 Å². The van der Waals surface area contributed by atoms with E-state index in [0.717, 1.165) is 35.7 Å². The van der Waals surface area contributed by atoms with Crippen molar-refractivity contribution in [1.82, 2.24) is 14.6 Å². The van der Waals surface area contributed by atoms with Crippen LogP contribution in [-0.4, -0.2) is 27.0 Å². The fourth-order valence-corrected chi connectivity index (χ4v) is 4.04. The van der Waals surface area contributed by atoms with Crippen molar-refractivity contribution in [3.8, 4) is 11.3 Å². The third-order valence-electron chi connectivity index (χ3n) is 5.64.